The van der Waals surface area contributed by atoms with Crippen molar-refractivity contribution >= 4 is 16.9 Å². The molecule has 1 saturated carbocycles. The second-order valence-corrected chi connectivity index (χ2v) is 7.83. The van der Waals surface area contributed by atoms with E-state index < -0.39 is 0 Å². The third-order valence-corrected chi connectivity index (χ3v) is 6.02. The van der Waals surface area contributed by atoms with Gasteiger partial charge in [0.15, 0.2) is 6.39 Å². The molecule has 0 saturated heterocycles. The van der Waals surface area contributed by atoms with Gasteiger partial charge in [-0.25, -0.2) is 9.97 Å². The van der Waals surface area contributed by atoms with E-state index in [1.165, 1.54) is 12.0 Å². The van der Waals surface area contributed by atoms with Gasteiger partial charge in [-0.3, -0.25) is 4.79 Å². The van der Waals surface area contributed by atoms with Gasteiger partial charge in [-0.15, -0.1) is 0 Å². The highest BCUT2D eigenvalue weighted by atomic mass is 16.4. The number of hydrogen-bond acceptors (Lipinski definition) is 5. The highest BCUT2D eigenvalue weighted by molar-refractivity contribution is 5.93. The number of aromatic amines is 1. The fourth-order valence-electron chi connectivity index (χ4n) is 4.48. The summed E-state index contributed by atoms with van der Waals surface area (Å²) in [4.78, 5) is 27.2. The molecule has 29 heavy (non-hydrogen) atoms. The van der Waals surface area contributed by atoms with Crippen molar-refractivity contribution in [3.8, 4) is 0 Å². The van der Waals surface area contributed by atoms with Crippen LogP contribution in [0.25, 0.3) is 11.0 Å². The van der Waals surface area contributed by atoms with Gasteiger partial charge in [-0.05, 0) is 31.7 Å². The number of aryl methyl sites for hydroxylation is 1. The van der Waals surface area contributed by atoms with Gasteiger partial charge in [0.2, 0.25) is 5.76 Å². The lowest BCUT2D eigenvalue weighted by atomic mass is 9.95. The molecule has 1 N–H and O–H groups in total. The lowest BCUT2D eigenvalue weighted by Gasteiger charge is -2.33. The number of rotatable bonds is 3. The second-order valence-electron chi connectivity index (χ2n) is 7.83. The molecule has 4 aromatic rings. The molecule has 2 aliphatic rings. The quantitative estimate of drug-likeness (QED) is 0.570. The van der Waals surface area contributed by atoms with Crippen LogP contribution in [-0.2, 0) is 6.42 Å². The lowest BCUT2D eigenvalue weighted by molar-refractivity contribution is 0.0638. The second kappa shape index (κ2) is 6.07. The van der Waals surface area contributed by atoms with Crippen molar-refractivity contribution in [2.24, 2.45) is 0 Å². The van der Waals surface area contributed by atoms with Gasteiger partial charge in [0, 0.05) is 29.6 Å². The Balaban J connectivity index is 1.55. The standard InChI is InChI=1S/C22H20N4O3/c1-12-20(28-11-25-12)22(27)26-9-8-15-18(24-10-23-15)19(26)21-17(13-6-7-13)14-4-2-3-5-16(14)29-21/h2-5,10-11,13,19H,6-9H2,1H3,(H,23,24)/t19-/m0/s1. The summed E-state index contributed by atoms with van der Waals surface area (Å²) >= 11 is 0. The zero-order chi connectivity index (χ0) is 19.5. The first-order chi connectivity index (χ1) is 14.2. The van der Waals surface area contributed by atoms with Crippen LogP contribution in [0.1, 0.15) is 63.8 Å². The van der Waals surface area contributed by atoms with E-state index in [1.54, 1.807) is 13.3 Å². The van der Waals surface area contributed by atoms with E-state index in [2.05, 4.69) is 21.0 Å². The number of H-pyrrole nitrogens is 1. The van der Waals surface area contributed by atoms with Crippen molar-refractivity contribution in [1.82, 2.24) is 19.9 Å². The number of para-hydroxylation sites is 1. The number of imidazole rings is 1. The van der Waals surface area contributed by atoms with E-state index in [0.717, 1.165) is 41.0 Å². The summed E-state index contributed by atoms with van der Waals surface area (Å²) in [7, 11) is 0. The Labute approximate surface area is 166 Å². The number of amides is 1. The normalized spacial score (nSPS) is 18.9. The summed E-state index contributed by atoms with van der Waals surface area (Å²) in [6.45, 7) is 2.34. The Kier molecular flexibility index (Phi) is 3.47. The van der Waals surface area contributed by atoms with E-state index in [9.17, 15) is 4.79 Å². The lowest BCUT2D eigenvalue weighted by Crippen LogP contribution is -2.41. The maximum absolute atomic E-state index is 13.4. The maximum Gasteiger partial charge on any atom is 0.292 e. The molecule has 0 radical (unpaired) electrons. The van der Waals surface area contributed by atoms with E-state index >= 15 is 0 Å². The fraction of sp³-hybridized carbons (Fsp3) is 0.318. The molecule has 1 aliphatic carbocycles. The molecule has 1 atom stereocenters. The monoisotopic (exact) mass is 388 g/mol. The van der Waals surface area contributed by atoms with Gasteiger partial charge in [-0.2, -0.15) is 0 Å². The summed E-state index contributed by atoms with van der Waals surface area (Å²) in [5.74, 6) is 1.40. The Bertz CT molecular complexity index is 1230. The molecule has 6 rings (SSSR count). The zero-order valence-corrected chi connectivity index (χ0v) is 16.0. The zero-order valence-electron chi connectivity index (χ0n) is 16.0. The number of nitrogens with one attached hydrogen (secondary N) is 1. The van der Waals surface area contributed by atoms with Crippen molar-refractivity contribution in [1.29, 1.82) is 0 Å². The summed E-state index contributed by atoms with van der Waals surface area (Å²) in [6.07, 6.45) is 6.02. The first-order valence-corrected chi connectivity index (χ1v) is 9.97. The molecule has 146 valence electrons. The van der Waals surface area contributed by atoms with Crippen LogP contribution in [0.4, 0.5) is 0 Å². The molecule has 3 aromatic heterocycles. The van der Waals surface area contributed by atoms with Crippen LogP contribution < -0.4 is 0 Å². The number of hydrogen-bond donors (Lipinski definition) is 1. The predicted molar refractivity (Wildman–Crippen MR) is 105 cm³/mol. The molecule has 7 nitrogen and oxygen atoms in total. The van der Waals surface area contributed by atoms with Crippen LogP contribution in [0.5, 0.6) is 0 Å². The number of fused-ring (bicyclic) bond motifs is 2. The molecule has 1 fully saturated rings. The van der Waals surface area contributed by atoms with Gasteiger partial charge in [-0.1, -0.05) is 18.2 Å². The molecule has 7 heteroatoms. The highest BCUT2D eigenvalue weighted by Crippen LogP contribution is 2.50. The first-order valence-electron chi connectivity index (χ1n) is 9.97. The third-order valence-electron chi connectivity index (χ3n) is 6.02. The van der Waals surface area contributed by atoms with Crippen molar-refractivity contribution < 1.29 is 13.6 Å². The minimum atomic E-state index is -0.384. The van der Waals surface area contributed by atoms with Crippen molar-refractivity contribution in [3.63, 3.8) is 0 Å². The summed E-state index contributed by atoms with van der Waals surface area (Å²) < 4.78 is 11.8. The van der Waals surface area contributed by atoms with E-state index in [4.69, 9.17) is 8.83 Å². The molecule has 1 amide bonds. The Morgan fingerprint density at radius 1 is 1.24 bits per heavy atom. The summed E-state index contributed by atoms with van der Waals surface area (Å²) in [5.41, 5.74) is 4.57. The third kappa shape index (κ3) is 2.46. The number of carbonyl (C=O) groups excluding carboxylic acids is 1. The molecule has 0 spiro atoms. The molecule has 1 aromatic carbocycles. The number of carbonyl (C=O) groups is 1. The van der Waals surface area contributed by atoms with Crippen LogP contribution in [0.2, 0.25) is 0 Å². The first kappa shape index (κ1) is 16.6. The predicted octanol–water partition coefficient (Wildman–Crippen LogP) is 4.12. The number of benzene rings is 1. The Morgan fingerprint density at radius 2 is 2.10 bits per heavy atom. The van der Waals surface area contributed by atoms with Crippen LogP contribution in [0.3, 0.4) is 0 Å². The molecular formula is C22H20N4O3. The van der Waals surface area contributed by atoms with Crippen LogP contribution in [-0.4, -0.2) is 32.3 Å². The van der Waals surface area contributed by atoms with Crippen molar-refractivity contribution in [3.05, 3.63) is 71.2 Å². The van der Waals surface area contributed by atoms with Crippen LogP contribution in [0, 0.1) is 6.92 Å². The van der Waals surface area contributed by atoms with Crippen LogP contribution in [0.15, 0.2) is 45.8 Å². The minimum absolute atomic E-state index is 0.180. The van der Waals surface area contributed by atoms with E-state index in [-0.39, 0.29) is 17.7 Å². The number of aromatic nitrogens is 3. The van der Waals surface area contributed by atoms with Gasteiger partial charge in [0.25, 0.3) is 5.91 Å². The number of furan rings is 1. The molecule has 1 aliphatic heterocycles. The van der Waals surface area contributed by atoms with Crippen molar-refractivity contribution in [2.45, 2.75) is 38.1 Å². The summed E-state index contributed by atoms with van der Waals surface area (Å²) in [6, 6.07) is 7.73. The minimum Gasteiger partial charge on any atom is -0.458 e. The summed E-state index contributed by atoms with van der Waals surface area (Å²) in [5, 5.41) is 1.14. The molecule has 0 unspecified atom stereocenters. The fourth-order valence-corrected chi connectivity index (χ4v) is 4.48. The Morgan fingerprint density at radius 3 is 2.90 bits per heavy atom. The number of oxazole rings is 1. The van der Waals surface area contributed by atoms with Crippen molar-refractivity contribution in [2.75, 3.05) is 6.54 Å². The largest absolute Gasteiger partial charge is 0.458 e. The topological polar surface area (TPSA) is 88.2 Å². The average Bonchev–Trinajstić information content (AvgIpc) is 3.15. The maximum atomic E-state index is 13.4. The Hall–Kier alpha value is -3.35. The smallest absolute Gasteiger partial charge is 0.292 e. The SMILES string of the molecule is Cc1ncoc1C(=O)N1CCc2[nH]cnc2[C@H]1c1oc2ccccc2c1C1CC1. The van der Waals surface area contributed by atoms with E-state index in [0.29, 0.717) is 24.6 Å². The number of nitrogens with zero attached hydrogens (tertiary/aromatic N) is 3. The van der Waals surface area contributed by atoms with Gasteiger partial charge >= 0.3 is 0 Å². The molecular weight excluding hydrogens is 368 g/mol. The highest BCUT2D eigenvalue weighted by Gasteiger charge is 2.42. The van der Waals surface area contributed by atoms with Crippen LogP contribution >= 0.6 is 0 Å². The average molecular weight is 388 g/mol. The van der Waals surface area contributed by atoms with Gasteiger partial charge < -0.3 is 18.7 Å². The molecule has 4 heterocycles. The van der Waals surface area contributed by atoms with Gasteiger partial charge in [0.05, 0.1) is 17.7 Å². The van der Waals surface area contributed by atoms with E-state index in [1.807, 2.05) is 23.1 Å². The van der Waals surface area contributed by atoms with Gasteiger partial charge in [0.1, 0.15) is 17.4 Å². The molecule has 0 bridgehead atoms.